The number of rotatable bonds is 5. The molecule has 1 aliphatic rings. The molecule has 23 aromatic carbocycles. The van der Waals surface area contributed by atoms with Crippen LogP contribution in [0.25, 0.3) is 334 Å². The Labute approximate surface area is 845 Å². The van der Waals surface area contributed by atoms with E-state index < -0.39 is 0 Å². The summed E-state index contributed by atoms with van der Waals surface area (Å²) in [6, 6.07) is 162. The number of aromatic nitrogens is 13. The van der Waals surface area contributed by atoms with Gasteiger partial charge in [-0.3, -0.25) is 23.3 Å². The van der Waals surface area contributed by atoms with E-state index in [0.29, 0.717) is 5.95 Å². The zero-order valence-corrected chi connectivity index (χ0v) is 79.6. The standard InChI is InChI=1S/C52H29N5.C42H22N4.C42H24N4/c1-2-15-32-28-45-39(27-31(32)14-1)49-48-37-20-8-11-23-42(37)56(46(48)29-38-34-17-6-10-22-41(34)55(45)50(38)49)51-35-18-5-9-21-40(35)53-52(54-51)57-43-24-12-7-19-36(43)47-33-16-4-3-13-30(33)25-26-44(47)57;1-2-10-25-20-34-31(19-24(25)9-1)39-38-27-14-4-6-18-33(27)45(35(38)21-30-26-13-3-5-17-32(26)46(34)42(30)39)36-22-43-40-28-15-7-11-23-12-8-16-29(37(23)28)41(40)44-36;1-2-12-25(13-3-1)41-43-33-19-9-6-17-29(33)42(44-41)46-35-21-11-8-18-30(35)38-37(46)24-31-28-16-7-10-20-34(28)45-36-23-27-15-5-4-14-26(27)22-32(36)39(38)40(31)45/h1-29H;1-22H;1-24H. The molecule has 149 heavy (non-hydrogen) atoms. The van der Waals surface area contributed by atoms with Crippen molar-refractivity contribution in [1.82, 2.24) is 61.4 Å². The van der Waals surface area contributed by atoms with Crippen molar-refractivity contribution in [1.29, 1.82) is 0 Å². The first-order chi connectivity index (χ1) is 74.0. The SMILES string of the molecule is c1ccc(-c2nc(-n3c4ccccc4c4c5c6cc7ccccc7cc6n6c7ccccc7c(cc43)c56)c3ccccc3n2)cc1.c1ccc2cc3c(cc2c1)c1c2c4ccccc4n(-c4cnc5c(n4)-c4cccc6cccc-5c46)c2cc2c4ccccc4n3c21.c1ccc2cc3c(cc2c1)c1c2c4ccccc4n(-c4nc(-n5c6ccccc6c6c7ccccc7ccc65)nc5ccccc45)c2cc2c4ccccc4n3c21. The summed E-state index contributed by atoms with van der Waals surface area (Å²) >= 11 is 0. The minimum Gasteiger partial charge on any atom is -0.308 e. The van der Waals surface area contributed by atoms with E-state index in [4.69, 9.17) is 29.9 Å². The van der Waals surface area contributed by atoms with E-state index in [2.05, 4.69) is 462 Å². The summed E-state index contributed by atoms with van der Waals surface area (Å²) in [7, 11) is 0. The average molecular weight is 1890 g/mol. The van der Waals surface area contributed by atoms with Crippen molar-refractivity contribution in [2.24, 2.45) is 0 Å². The Balaban J connectivity index is 0.0000000944. The first-order valence-electron chi connectivity index (χ1n) is 51.0. The highest BCUT2D eigenvalue weighted by Gasteiger charge is 2.34. The predicted octanol–water partition coefficient (Wildman–Crippen LogP) is 34.7. The van der Waals surface area contributed by atoms with Crippen molar-refractivity contribution >= 4 is 277 Å². The molecule has 0 radical (unpaired) electrons. The van der Waals surface area contributed by atoms with Crippen LogP contribution in [0.15, 0.2) is 455 Å². The minimum absolute atomic E-state index is 0.648. The van der Waals surface area contributed by atoms with Crippen LogP contribution in [-0.2, 0) is 0 Å². The molecule has 13 nitrogen and oxygen atoms in total. The molecule has 13 heterocycles. The van der Waals surface area contributed by atoms with Gasteiger partial charge in [0, 0.05) is 141 Å². The highest BCUT2D eigenvalue weighted by Crippen LogP contribution is 2.55. The van der Waals surface area contributed by atoms with Crippen LogP contribution in [0.3, 0.4) is 0 Å². The van der Waals surface area contributed by atoms with Crippen LogP contribution in [0.4, 0.5) is 0 Å². The van der Waals surface area contributed by atoms with E-state index in [1.165, 1.54) is 211 Å². The molecule has 0 fully saturated rings. The molecular weight excluding hydrogens is 1820 g/mol. The third-order valence-electron chi connectivity index (χ3n) is 32.7. The first kappa shape index (κ1) is 79.3. The summed E-state index contributed by atoms with van der Waals surface area (Å²) in [4.78, 5) is 31.9. The normalized spacial score (nSPS) is 12.6. The Bertz CT molecular complexity index is 12400. The fraction of sp³-hybridized carbons (Fsp3) is 0. The zero-order valence-electron chi connectivity index (χ0n) is 79.6. The van der Waals surface area contributed by atoms with Crippen molar-refractivity contribution < 1.29 is 0 Å². The van der Waals surface area contributed by atoms with Crippen LogP contribution >= 0.6 is 0 Å². The number of nitrogens with zero attached hydrogens (tertiary/aromatic N) is 13. The van der Waals surface area contributed by atoms with Gasteiger partial charge in [-0.15, -0.1) is 0 Å². The molecule has 13 heteroatoms. The third-order valence-corrected chi connectivity index (χ3v) is 32.7. The molecule has 36 aromatic rings. The Morgan fingerprint density at radius 1 is 0.168 bits per heavy atom. The molecule has 0 unspecified atom stereocenters. The highest BCUT2D eigenvalue weighted by atomic mass is 15.2. The quantitative estimate of drug-likeness (QED) is 0.170. The maximum atomic E-state index is 5.66. The molecule has 684 valence electrons. The molecule has 0 atom stereocenters. The molecule has 0 amide bonds. The van der Waals surface area contributed by atoms with Gasteiger partial charge in [-0.05, 0) is 176 Å². The van der Waals surface area contributed by atoms with E-state index >= 15 is 0 Å². The molecular formula is C136H75N13. The van der Waals surface area contributed by atoms with E-state index in [1.807, 2.05) is 24.4 Å². The summed E-state index contributed by atoms with van der Waals surface area (Å²) in [5.41, 5.74) is 27.3. The van der Waals surface area contributed by atoms with E-state index in [0.717, 1.165) is 117 Å². The molecule has 0 spiro atoms. The van der Waals surface area contributed by atoms with Crippen LogP contribution in [0, 0.1) is 0 Å². The molecule has 0 saturated heterocycles. The van der Waals surface area contributed by atoms with Gasteiger partial charge >= 0.3 is 0 Å². The average Bonchev–Trinajstić information content (AvgIpc) is 1.52. The van der Waals surface area contributed by atoms with Crippen molar-refractivity contribution in [3.8, 4) is 57.3 Å². The lowest BCUT2D eigenvalue weighted by Crippen LogP contribution is -2.07. The van der Waals surface area contributed by atoms with Crippen molar-refractivity contribution in [2.75, 3.05) is 0 Å². The van der Waals surface area contributed by atoms with Crippen LogP contribution in [0.2, 0.25) is 0 Å². The van der Waals surface area contributed by atoms with Crippen LogP contribution in [0.1, 0.15) is 0 Å². The van der Waals surface area contributed by atoms with Crippen molar-refractivity contribution in [3.63, 3.8) is 0 Å². The second-order valence-corrected chi connectivity index (χ2v) is 40.2. The lowest BCUT2D eigenvalue weighted by molar-refractivity contribution is 0.973. The second kappa shape index (κ2) is 29.3. The van der Waals surface area contributed by atoms with Gasteiger partial charge in [0.05, 0.1) is 122 Å². The summed E-state index contributed by atoms with van der Waals surface area (Å²) in [5, 5.41) is 39.4. The largest absolute Gasteiger partial charge is 0.308 e. The van der Waals surface area contributed by atoms with E-state index in [9.17, 15) is 0 Å². The van der Waals surface area contributed by atoms with Crippen molar-refractivity contribution in [2.45, 2.75) is 0 Å². The molecule has 37 rings (SSSR count). The molecule has 0 bridgehead atoms. The molecule has 0 aliphatic heterocycles. The van der Waals surface area contributed by atoms with E-state index in [-0.39, 0.29) is 0 Å². The van der Waals surface area contributed by atoms with Gasteiger partial charge in [-0.25, -0.2) is 19.9 Å². The Morgan fingerprint density at radius 2 is 0.523 bits per heavy atom. The Hall–Kier alpha value is -20.3. The third kappa shape index (κ3) is 10.6. The van der Waals surface area contributed by atoms with E-state index in [1.54, 1.807) is 0 Å². The minimum atomic E-state index is 0.648. The van der Waals surface area contributed by atoms with Gasteiger partial charge in [0.15, 0.2) is 17.5 Å². The fourth-order valence-electron chi connectivity index (χ4n) is 26.6. The number of para-hydroxylation sites is 9. The summed E-state index contributed by atoms with van der Waals surface area (Å²) < 4.78 is 16.8. The lowest BCUT2D eigenvalue weighted by Gasteiger charge is -2.14. The number of benzene rings is 23. The van der Waals surface area contributed by atoms with Gasteiger partial charge in [0.25, 0.3) is 0 Å². The Kier molecular flexibility index (Phi) is 15.6. The predicted molar refractivity (Wildman–Crippen MR) is 620 cm³/mol. The summed E-state index contributed by atoms with van der Waals surface area (Å²) in [6.07, 6.45) is 1.96. The number of hydrogen-bond acceptors (Lipinski definition) is 6. The fourth-order valence-corrected chi connectivity index (χ4v) is 26.6. The van der Waals surface area contributed by atoms with Crippen LogP contribution < -0.4 is 0 Å². The first-order valence-corrected chi connectivity index (χ1v) is 51.0. The van der Waals surface area contributed by atoms with Gasteiger partial charge in [-0.2, -0.15) is 4.98 Å². The number of hydrogen-bond donors (Lipinski definition) is 0. The molecule has 13 aromatic heterocycles. The van der Waals surface area contributed by atoms with Gasteiger partial charge < -0.3 is 13.2 Å². The number of fused-ring (bicyclic) bond motifs is 43. The highest BCUT2D eigenvalue weighted by molar-refractivity contribution is 6.41. The van der Waals surface area contributed by atoms with Gasteiger partial charge in [0.2, 0.25) is 5.95 Å². The van der Waals surface area contributed by atoms with Gasteiger partial charge in [0.1, 0.15) is 5.82 Å². The summed E-state index contributed by atoms with van der Waals surface area (Å²) in [5.74, 6) is 3.96. The zero-order chi connectivity index (χ0) is 96.5. The lowest BCUT2D eigenvalue weighted by atomic mass is 10.0. The van der Waals surface area contributed by atoms with Crippen LogP contribution in [-0.4, -0.2) is 61.4 Å². The maximum absolute atomic E-state index is 5.66. The molecule has 1 aliphatic carbocycles. The van der Waals surface area contributed by atoms with Gasteiger partial charge in [-0.1, -0.05) is 322 Å². The second-order valence-electron chi connectivity index (χ2n) is 40.2. The topological polar surface area (TPSA) is 110 Å². The monoisotopic (exact) mass is 1890 g/mol. The van der Waals surface area contributed by atoms with Crippen molar-refractivity contribution in [3.05, 3.63) is 455 Å². The van der Waals surface area contributed by atoms with Crippen LogP contribution in [0.5, 0.6) is 0 Å². The Morgan fingerprint density at radius 3 is 1.00 bits per heavy atom. The maximum Gasteiger partial charge on any atom is 0.237 e. The molecule has 0 N–H and O–H groups in total. The smallest absolute Gasteiger partial charge is 0.237 e. The molecule has 0 saturated carbocycles. The summed E-state index contributed by atoms with van der Waals surface area (Å²) in [6.45, 7) is 0.